The number of H-pyrrole nitrogens is 1. The number of anilines is 3. The Labute approximate surface area is 309 Å². The second kappa shape index (κ2) is 12.6. The van der Waals surface area contributed by atoms with Gasteiger partial charge >= 0.3 is 0 Å². The smallest absolute Gasteiger partial charge is 0.203 e. The maximum Gasteiger partial charge on any atom is 0.203 e. The van der Waals surface area contributed by atoms with Crippen LogP contribution >= 0.6 is 0 Å². The first kappa shape index (κ1) is 33.6. The van der Waals surface area contributed by atoms with Gasteiger partial charge in [-0.15, -0.1) is 0 Å². The number of nitrogens with zero attached hydrogens (tertiary/aromatic N) is 3. The van der Waals surface area contributed by atoms with Crippen LogP contribution in [0.1, 0.15) is 58.4 Å². The van der Waals surface area contributed by atoms with Crippen molar-refractivity contribution in [1.82, 2.24) is 15.2 Å². The molecule has 0 saturated carbocycles. The SMILES string of the molecule is Cc1cc(-c2cccc(N(c3ccccc3)c3cccc([Si]4(c5ccccn5)c5ccc(C(C)(C)C)cc5-c5cc(C(C)(C)C)ccc54)c3)c2)n[nH]1. The summed E-state index contributed by atoms with van der Waals surface area (Å²) in [6.07, 6.45) is 1.97. The van der Waals surface area contributed by atoms with Crippen LogP contribution < -0.4 is 25.8 Å². The average Bonchev–Trinajstić information content (AvgIpc) is 3.71. The first-order chi connectivity index (χ1) is 24.9. The Morgan fingerprint density at radius 1 is 0.558 bits per heavy atom. The summed E-state index contributed by atoms with van der Waals surface area (Å²) in [5.41, 5.74) is 11.8. The number of rotatable bonds is 6. The minimum Gasteiger partial charge on any atom is -0.310 e. The molecule has 8 rings (SSSR count). The third-order valence-corrected chi connectivity index (χ3v) is 15.3. The molecule has 5 aromatic carbocycles. The van der Waals surface area contributed by atoms with Gasteiger partial charge in [-0.2, -0.15) is 5.10 Å². The first-order valence-electron chi connectivity index (χ1n) is 18.2. The molecular formula is C47H46N4Si. The summed E-state index contributed by atoms with van der Waals surface area (Å²) in [6.45, 7) is 15.9. The van der Waals surface area contributed by atoms with E-state index in [-0.39, 0.29) is 10.8 Å². The van der Waals surface area contributed by atoms with Gasteiger partial charge < -0.3 is 4.90 Å². The van der Waals surface area contributed by atoms with E-state index in [0.29, 0.717) is 0 Å². The van der Waals surface area contributed by atoms with Crippen molar-refractivity contribution in [2.45, 2.75) is 59.3 Å². The van der Waals surface area contributed by atoms with Crippen molar-refractivity contribution < 1.29 is 0 Å². The van der Waals surface area contributed by atoms with Gasteiger partial charge in [-0.25, -0.2) is 0 Å². The van der Waals surface area contributed by atoms with Gasteiger partial charge in [-0.1, -0.05) is 126 Å². The normalized spacial score (nSPS) is 13.4. The molecule has 0 atom stereocenters. The Kier molecular flexibility index (Phi) is 8.15. The van der Waals surface area contributed by atoms with Crippen LogP contribution in [0.25, 0.3) is 22.4 Å². The fourth-order valence-electron chi connectivity index (χ4n) is 7.86. The van der Waals surface area contributed by atoms with Crippen LogP contribution in [0.15, 0.2) is 146 Å². The highest BCUT2D eigenvalue weighted by molar-refractivity contribution is 7.21. The largest absolute Gasteiger partial charge is 0.310 e. The first-order valence-corrected chi connectivity index (χ1v) is 20.2. The summed E-state index contributed by atoms with van der Waals surface area (Å²) in [7, 11) is -2.88. The minimum absolute atomic E-state index is 0.0217. The van der Waals surface area contributed by atoms with E-state index in [9.17, 15) is 0 Å². The van der Waals surface area contributed by atoms with Crippen LogP contribution in [0.3, 0.4) is 0 Å². The zero-order valence-corrected chi connectivity index (χ0v) is 32.2. The summed E-state index contributed by atoms with van der Waals surface area (Å²) >= 11 is 0. The summed E-state index contributed by atoms with van der Waals surface area (Å²) in [4.78, 5) is 7.60. The minimum atomic E-state index is -2.88. The van der Waals surface area contributed by atoms with E-state index in [1.165, 1.54) is 37.8 Å². The van der Waals surface area contributed by atoms with Crippen molar-refractivity contribution in [3.8, 4) is 22.4 Å². The third-order valence-electron chi connectivity index (χ3n) is 10.6. The maximum absolute atomic E-state index is 5.23. The Morgan fingerprint density at radius 3 is 1.73 bits per heavy atom. The highest BCUT2D eigenvalue weighted by atomic mass is 28.3. The topological polar surface area (TPSA) is 44.8 Å². The van der Waals surface area contributed by atoms with E-state index in [0.717, 1.165) is 39.3 Å². The molecule has 0 saturated heterocycles. The van der Waals surface area contributed by atoms with Gasteiger partial charge in [-0.05, 0) is 110 Å². The Hall–Kier alpha value is -5.52. The van der Waals surface area contributed by atoms with Gasteiger partial charge in [0.15, 0.2) is 0 Å². The molecule has 0 radical (unpaired) electrons. The summed E-state index contributed by atoms with van der Waals surface area (Å²) in [5, 5.41) is 13.0. The molecule has 7 aromatic rings. The third kappa shape index (κ3) is 5.70. The number of benzene rings is 5. The molecule has 0 amide bonds. The summed E-state index contributed by atoms with van der Waals surface area (Å²) in [6, 6.07) is 51.7. The number of hydrogen-bond donors (Lipinski definition) is 1. The molecule has 0 spiro atoms. The van der Waals surface area contributed by atoms with Crippen molar-refractivity contribution in [3.05, 3.63) is 163 Å². The monoisotopic (exact) mass is 694 g/mol. The van der Waals surface area contributed by atoms with E-state index in [4.69, 9.17) is 4.98 Å². The molecule has 1 aliphatic heterocycles. The zero-order chi connectivity index (χ0) is 36.3. The lowest BCUT2D eigenvalue weighted by molar-refractivity contribution is 0.589. The fraction of sp³-hybridized carbons (Fsp3) is 0.191. The van der Waals surface area contributed by atoms with Crippen LogP contribution in [0.4, 0.5) is 17.1 Å². The van der Waals surface area contributed by atoms with E-state index >= 15 is 0 Å². The number of nitrogens with one attached hydrogen (secondary N) is 1. The van der Waals surface area contributed by atoms with E-state index < -0.39 is 8.07 Å². The number of aromatic amines is 1. The molecule has 258 valence electrons. The molecule has 1 N–H and O–H groups in total. The second-order valence-corrected chi connectivity index (χ2v) is 19.9. The highest BCUT2D eigenvalue weighted by Gasteiger charge is 2.50. The van der Waals surface area contributed by atoms with Gasteiger partial charge in [0.05, 0.1) is 5.69 Å². The predicted octanol–water partition coefficient (Wildman–Crippen LogP) is 9.20. The molecule has 5 heteroatoms. The van der Waals surface area contributed by atoms with Crippen molar-refractivity contribution in [2.75, 3.05) is 4.90 Å². The molecule has 0 bridgehead atoms. The molecule has 52 heavy (non-hydrogen) atoms. The molecule has 1 aliphatic rings. The lowest BCUT2D eigenvalue weighted by Gasteiger charge is -2.32. The summed E-state index contributed by atoms with van der Waals surface area (Å²) < 4.78 is 0. The number of para-hydroxylation sites is 1. The van der Waals surface area contributed by atoms with Crippen LogP contribution in [0, 0.1) is 6.92 Å². The quantitative estimate of drug-likeness (QED) is 0.177. The molecule has 0 aliphatic carbocycles. The van der Waals surface area contributed by atoms with Gasteiger partial charge in [0.1, 0.15) is 0 Å². The van der Waals surface area contributed by atoms with Crippen LogP contribution in [-0.2, 0) is 10.8 Å². The molecule has 2 aromatic heterocycles. The molecule has 0 unspecified atom stereocenters. The highest BCUT2D eigenvalue weighted by Crippen LogP contribution is 2.38. The summed E-state index contributed by atoms with van der Waals surface area (Å²) in [5.74, 6) is 0. The van der Waals surface area contributed by atoms with E-state index in [2.05, 4.69) is 190 Å². The lowest BCUT2D eigenvalue weighted by atomic mass is 9.83. The van der Waals surface area contributed by atoms with Crippen LogP contribution in [-0.4, -0.2) is 23.3 Å². The predicted molar refractivity (Wildman–Crippen MR) is 221 cm³/mol. The second-order valence-electron chi connectivity index (χ2n) is 16.2. The molecular weight excluding hydrogens is 649 g/mol. The van der Waals surface area contributed by atoms with E-state index in [1.54, 1.807) is 0 Å². The standard InChI is InChI=1S/C47H46N4Si/c1-32-27-42(50-49-32)33-15-13-18-37(28-33)51(36-16-9-8-10-17-36)38-19-14-20-39(31-38)52(45-21-11-12-26-48-45)43-24-22-34(46(2,3)4)29-40(43)41-30-35(47(5,6)7)23-25-44(41)52/h8-31H,1-7H3,(H,49,50). The van der Waals surface area contributed by atoms with Crippen molar-refractivity contribution in [3.63, 3.8) is 0 Å². The van der Waals surface area contributed by atoms with Gasteiger partial charge in [0, 0.05) is 39.8 Å². The number of aromatic nitrogens is 3. The van der Waals surface area contributed by atoms with Crippen molar-refractivity contribution in [1.29, 1.82) is 0 Å². The Morgan fingerprint density at radius 2 is 1.15 bits per heavy atom. The lowest BCUT2D eigenvalue weighted by Crippen LogP contribution is -2.73. The number of hydrogen-bond acceptors (Lipinski definition) is 3. The number of pyridine rings is 1. The zero-order valence-electron chi connectivity index (χ0n) is 31.2. The fourth-order valence-corrected chi connectivity index (χ4v) is 12.8. The number of fused-ring (bicyclic) bond motifs is 3. The van der Waals surface area contributed by atoms with Crippen molar-refractivity contribution in [2.24, 2.45) is 0 Å². The maximum atomic E-state index is 5.23. The average molecular weight is 695 g/mol. The van der Waals surface area contributed by atoms with Gasteiger partial charge in [0.25, 0.3) is 0 Å². The van der Waals surface area contributed by atoms with Gasteiger partial charge in [-0.3, -0.25) is 10.1 Å². The van der Waals surface area contributed by atoms with Crippen LogP contribution in [0.5, 0.6) is 0 Å². The van der Waals surface area contributed by atoms with Crippen LogP contribution in [0.2, 0.25) is 0 Å². The molecule has 0 fully saturated rings. The Bertz CT molecular complexity index is 2330. The number of aryl methyl sites for hydroxylation is 1. The molecule has 3 heterocycles. The van der Waals surface area contributed by atoms with E-state index in [1.807, 2.05) is 19.2 Å². The Balaban J connectivity index is 1.40. The molecule has 4 nitrogen and oxygen atoms in total. The van der Waals surface area contributed by atoms with Crippen molar-refractivity contribution >= 4 is 46.0 Å². The van der Waals surface area contributed by atoms with Gasteiger partial charge in [0.2, 0.25) is 8.07 Å².